The quantitative estimate of drug-likeness (QED) is 0.590. The van der Waals surface area contributed by atoms with Gasteiger partial charge in [-0.25, -0.2) is 9.59 Å². The molecule has 1 saturated heterocycles. The number of hydrogen-bond acceptors (Lipinski definition) is 6. The maximum atomic E-state index is 12.5. The topological polar surface area (TPSA) is 96.3 Å². The van der Waals surface area contributed by atoms with Crippen LogP contribution in [0.25, 0.3) is 0 Å². The first-order valence-electron chi connectivity index (χ1n) is 7.95. The van der Waals surface area contributed by atoms with Crippen LogP contribution < -0.4 is 0 Å². The number of hydrogen-bond donors (Lipinski definition) is 2. The number of carbonyl (C=O) groups is 2. The third-order valence-corrected chi connectivity index (χ3v) is 4.57. The highest BCUT2D eigenvalue weighted by Crippen LogP contribution is 2.41. The molecule has 0 aromatic heterocycles. The molecule has 1 aromatic rings. The van der Waals surface area contributed by atoms with E-state index in [0.717, 1.165) is 10.5 Å². The number of benzene rings is 1. The van der Waals surface area contributed by atoms with Crippen molar-refractivity contribution in [2.24, 2.45) is 5.41 Å². The van der Waals surface area contributed by atoms with Gasteiger partial charge in [-0.05, 0) is 12.0 Å². The van der Waals surface area contributed by atoms with Crippen molar-refractivity contribution in [1.82, 2.24) is 4.90 Å². The third-order valence-electron chi connectivity index (χ3n) is 4.57. The van der Waals surface area contributed by atoms with E-state index in [9.17, 15) is 19.8 Å². The van der Waals surface area contributed by atoms with Gasteiger partial charge in [0, 0.05) is 0 Å². The third kappa shape index (κ3) is 3.67. The molecule has 0 aliphatic carbocycles. The van der Waals surface area contributed by atoms with E-state index in [0.29, 0.717) is 0 Å². The highest BCUT2D eigenvalue weighted by atomic mass is 16.6. The largest absolute Gasteiger partial charge is 0.467 e. The van der Waals surface area contributed by atoms with E-state index in [4.69, 9.17) is 9.47 Å². The number of esters is 1. The number of carbonyl (C=O) groups excluding carboxylic acids is 2. The first-order chi connectivity index (χ1) is 12.0. The van der Waals surface area contributed by atoms with Crippen LogP contribution >= 0.6 is 0 Å². The van der Waals surface area contributed by atoms with Crippen LogP contribution in [0.3, 0.4) is 0 Å². The van der Waals surface area contributed by atoms with Gasteiger partial charge in [-0.2, -0.15) is 0 Å². The van der Waals surface area contributed by atoms with Crippen molar-refractivity contribution < 1.29 is 29.3 Å². The standard InChI is InChI=1S/C18H23NO6/c1-3-9-18(12-20)14(21)10-19(15(18)16(22)24-2)17(23)25-11-13-7-5-4-6-8-13/h3-8,14-15,20-21H,1,9-12H2,2H3. The Morgan fingerprint density at radius 3 is 2.64 bits per heavy atom. The molecular formula is C18H23NO6. The van der Waals surface area contributed by atoms with Gasteiger partial charge in [-0.1, -0.05) is 36.4 Å². The molecule has 0 bridgehead atoms. The number of ether oxygens (including phenoxy) is 2. The van der Waals surface area contributed by atoms with Crippen LogP contribution in [0.2, 0.25) is 0 Å². The van der Waals surface area contributed by atoms with E-state index in [-0.39, 0.29) is 19.6 Å². The Bertz CT molecular complexity index is 619. The van der Waals surface area contributed by atoms with Crippen molar-refractivity contribution in [2.75, 3.05) is 20.3 Å². The molecule has 0 radical (unpaired) electrons. The van der Waals surface area contributed by atoms with Crippen LogP contribution in [-0.2, 0) is 20.9 Å². The number of nitrogens with zero attached hydrogens (tertiary/aromatic N) is 1. The molecule has 3 atom stereocenters. The van der Waals surface area contributed by atoms with Gasteiger partial charge < -0.3 is 19.7 Å². The zero-order valence-corrected chi connectivity index (χ0v) is 14.1. The summed E-state index contributed by atoms with van der Waals surface area (Å²) in [7, 11) is 1.19. The molecule has 0 spiro atoms. The van der Waals surface area contributed by atoms with Gasteiger partial charge >= 0.3 is 12.1 Å². The van der Waals surface area contributed by atoms with Gasteiger partial charge in [0.05, 0.1) is 31.8 Å². The lowest BCUT2D eigenvalue weighted by atomic mass is 9.76. The summed E-state index contributed by atoms with van der Waals surface area (Å²) in [5.41, 5.74) is -0.467. The molecule has 2 rings (SSSR count). The summed E-state index contributed by atoms with van der Waals surface area (Å²) in [4.78, 5) is 25.9. The van der Waals surface area contributed by atoms with Gasteiger partial charge in [0.15, 0.2) is 0 Å². The van der Waals surface area contributed by atoms with Crippen molar-refractivity contribution in [2.45, 2.75) is 25.2 Å². The summed E-state index contributed by atoms with van der Waals surface area (Å²) in [6, 6.07) is 7.94. The maximum Gasteiger partial charge on any atom is 0.410 e. The second kappa shape index (κ2) is 8.13. The molecule has 3 unspecified atom stereocenters. The lowest BCUT2D eigenvalue weighted by molar-refractivity contribution is -0.151. The van der Waals surface area contributed by atoms with E-state index >= 15 is 0 Å². The zero-order chi connectivity index (χ0) is 18.4. The highest BCUT2D eigenvalue weighted by molar-refractivity contribution is 5.83. The highest BCUT2D eigenvalue weighted by Gasteiger charge is 2.58. The van der Waals surface area contributed by atoms with Gasteiger partial charge in [0.25, 0.3) is 0 Å². The van der Waals surface area contributed by atoms with Crippen molar-refractivity contribution in [3.8, 4) is 0 Å². The average Bonchev–Trinajstić information content (AvgIpc) is 2.93. The fourth-order valence-electron chi connectivity index (χ4n) is 3.19. The molecule has 25 heavy (non-hydrogen) atoms. The zero-order valence-electron chi connectivity index (χ0n) is 14.1. The second-order valence-electron chi connectivity index (χ2n) is 6.02. The fourth-order valence-corrected chi connectivity index (χ4v) is 3.19. The van der Waals surface area contributed by atoms with Crippen LogP contribution in [0.15, 0.2) is 43.0 Å². The fraction of sp³-hybridized carbons (Fsp3) is 0.444. The van der Waals surface area contributed by atoms with Crippen LogP contribution in [0, 0.1) is 5.41 Å². The van der Waals surface area contributed by atoms with E-state index in [1.54, 1.807) is 12.1 Å². The lowest BCUT2D eigenvalue weighted by Gasteiger charge is -2.34. The second-order valence-corrected chi connectivity index (χ2v) is 6.02. The number of aliphatic hydroxyl groups is 2. The summed E-state index contributed by atoms with van der Waals surface area (Å²) in [5, 5.41) is 20.3. The molecule has 1 fully saturated rings. The Balaban J connectivity index is 2.21. The first kappa shape index (κ1) is 19.0. The molecule has 2 N–H and O–H groups in total. The van der Waals surface area contributed by atoms with Crippen molar-refractivity contribution in [3.63, 3.8) is 0 Å². The molecule has 0 saturated carbocycles. The van der Waals surface area contributed by atoms with Gasteiger partial charge in [0.2, 0.25) is 0 Å². The van der Waals surface area contributed by atoms with E-state index in [1.165, 1.54) is 13.2 Å². The number of aliphatic hydroxyl groups excluding tert-OH is 2. The van der Waals surface area contributed by atoms with Crippen LogP contribution in [0.1, 0.15) is 12.0 Å². The molecule has 1 amide bonds. The normalized spacial score (nSPS) is 25.5. The molecule has 7 nitrogen and oxygen atoms in total. The number of methoxy groups -OCH3 is 1. The summed E-state index contributed by atoms with van der Waals surface area (Å²) in [5.74, 6) is -0.718. The molecule has 1 aliphatic heterocycles. The molecule has 1 aliphatic rings. The minimum atomic E-state index is -1.26. The monoisotopic (exact) mass is 349 g/mol. The van der Waals surface area contributed by atoms with E-state index in [2.05, 4.69) is 6.58 Å². The van der Waals surface area contributed by atoms with Crippen molar-refractivity contribution in [3.05, 3.63) is 48.6 Å². The Morgan fingerprint density at radius 1 is 1.40 bits per heavy atom. The Kier molecular flexibility index (Phi) is 6.17. The molecule has 1 heterocycles. The summed E-state index contributed by atoms with van der Waals surface area (Å²) < 4.78 is 10.0. The number of rotatable bonds is 6. The Hall–Kier alpha value is -2.38. The SMILES string of the molecule is C=CCC1(CO)C(O)CN(C(=O)OCc2ccccc2)C1C(=O)OC. The molecule has 7 heteroatoms. The van der Waals surface area contributed by atoms with Crippen molar-refractivity contribution in [1.29, 1.82) is 0 Å². The number of allylic oxidation sites excluding steroid dienone is 1. The molecule has 136 valence electrons. The smallest absolute Gasteiger partial charge is 0.410 e. The van der Waals surface area contributed by atoms with E-state index < -0.39 is 36.2 Å². The Morgan fingerprint density at radius 2 is 2.08 bits per heavy atom. The number of β-amino-alcohol motifs (C(OH)–C–C–N with tert-alkyl or cyclic N) is 1. The minimum Gasteiger partial charge on any atom is -0.467 e. The van der Waals surface area contributed by atoms with Crippen molar-refractivity contribution >= 4 is 12.1 Å². The molecular weight excluding hydrogens is 326 g/mol. The first-order valence-corrected chi connectivity index (χ1v) is 7.95. The number of amides is 1. The maximum absolute atomic E-state index is 12.5. The Labute approximate surface area is 146 Å². The van der Waals surface area contributed by atoms with E-state index in [1.807, 2.05) is 18.2 Å². The van der Waals surface area contributed by atoms with Gasteiger partial charge in [-0.3, -0.25) is 4.90 Å². The summed E-state index contributed by atoms with van der Waals surface area (Å²) in [6.07, 6.45) is -0.220. The van der Waals surface area contributed by atoms with Crippen LogP contribution in [0.4, 0.5) is 4.79 Å². The van der Waals surface area contributed by atoms with Crippen LogP contribution in [-0.4, -0.2) is 59.6 Å². The molecule has 1 aromatic carbocycles. The van der Waals surface area contributed by atoms with Gasteiger partial charge in [-0.15, -0.1) is 6.58 Å². The summed E-state index contributed by atoms with van der Waals surface area (Å²) >= 11 is 0. The number of likely N-dealkylation sites (tertiary alicyclic amines) is 1. The lowest BCUT2D eigenvalue weighted by Crippen LogP contribution is -2.51. The summed E-state index contributed by atoms with van der Waals surface area (Å²) in [6.45, 7) is 3.01. The van der Waals surface area contributed by atoms with Gasteiger partial charge in [0.1, 0.15) is 12.6 Å². The predicted octanol–water partition coefficient (Wildman–Crippen LogP) is 1.10. The average molecular weight is 349 g/mol. The predicted molar refractivity (Wildman–Crippen MR) is 89.5 cm³/mol. The van der Waals surface area contributed by atoms with Crippen LogP contribution in [0.5, 0.6) is 0 Å². The minimum absolute atomic E-state index is 0.0355.